The molecule has 0 saturated heterocycles. The predicted octanol–water partition coefficient (Wildman–Crippen LogP) is 4.06. The van der Waals surface area contributed by atoms with Crippen molar-refractivity contribution < 1.29 is 9.47 Å². The number of hydrogen-bond acceptors (Lipinski definition) is 6. The van der Waals surface area contributed by atoms with Crippen LogP contribution in [0.3, 0.4) is 0 Å². The van der Waals surface area contributed by atoms with Crippen LogP contribution in [0.2, 0.25) is 0 Å². The number of nitrogens with one attached hydrogen (secondary N) is 1. The number of fused-ring (bicyclic) bond motifs is 1. The van der Waals surface area contributed by atoms with Gasteiger partial charge in [0.1, 0.15) is 23.9 Å². The number of aromatic nitrogens is 2. The zero-order chi connectivity index (χ0) is 19.3. The van der Waals surface area contributed by atoms with Crippen molar-refractivity contribution in [1.29, 1.82) is 0 Å². The van der Waals surface area contributed by atoms with E-state index in [1.165, 1.54) is 11.3 Å². The molecule has 28 heavy (non-hydrogen) atoms. The van der Waals surface area contributed by atoms with Crippen LogP contribution < -0.4 is 19.7 Å². The first-order valence-electron chi connectivity index (χ1n) is 9.45. The number of methoxy groups -OCH3 is 1. The summed E-state index contributed by atoms with van der Waals surface area (Å²) in [6.07, 6.45) is 2.82. The molecule has 2 aromatic carbocycles. The van der Waals surface area contributed by atoms with Crippen molar-refractivity contribution in [1.82, 2.24) is 9.97 Å². The fraction of sp³-hybridized carbons (Fsp3) is 0.273. The lowest BCUT2D eigenvalue weighted by Gasteiger charge is -2.24. The molecule has 1 aliphatic rings. The Kier molecular flexibility index (Phi) is 5.28. The molecule has 4 rings (SSSR count). The molecule has 6 heteroatoms. The lowest BCUT2D eigenvalue weighted by Crippen LogP contribution is -2.25. The number of rotatable bonds is 7. The number of benzene rings is 2. The topological polar surface area (TPSA) is 59.5 Å². The molecule has 0 amide bonds. The minimum atomic E-state index is 0.374. The Balaban J connectivity index is 1.36. The summed E-state index contributed by atoms with van der Waals surface area (Å²) < 4.78 is 10.9. The Bertz CT molecular complexity index is 930. The second kappa shape index (κ2) is 8.17. The Hall–Kier alpha value is -3.28. The van der Waals surface area contributed by atoms with Gasteiger partial charge in [0.25, 0.3) is 0 Å². The van der Waals surface area contributed by atoms with E-state index < -0.39 is 0 Å². The second-order valence-corrected chi connectivity index (χ2v) is 6.74. The van der Waals surface area contributed by atoms with Gasteiger partial charge < -0.3 is 19.7 Å². The molecule has 1 aliphatic heterocycles. The van der Waals surface area contributed by atoms with E-state index in [-0.39, 0.29) is 0 Å². The maximum atomic E-state index is 5.74. The molecule has 144 valence electrons. The summed E-state index contributed by atoms with van der Waals surface area (Å²) in [5, 5.41) is 3.24. The van der Waals surface area contributed by atoms with Crippen LogP contribution in [-0.4, -0.2) is 36.3 Å². The average Bonchev–Trinajstić information content (AvgIpc) is 3.07. The van der Waals surface area contributed by atoms with Gasteiger partial charge in [0.15, 0.2) is 0 Å². The summed E-state index contributed by atoms with van der Waals surface area (Å²) in [6, 6.07) is 18.4. The normalized spacial score (nSPS) is 15.2. The minimum absolute atomic E-state index is 0.374. The molecule has 0 spiro atoms. The van der Waals surface area contributed by atoms with Gasteiger partial charge in [-0.25, -0.2) is 4.98 Å². The first kappa shape index (κ1) is 18.1. The molecule has 1 unspecified atom stereocenters. The number of para-hydroxylation sites is 1. The molecule has 6 nitrogen and oxygen atoms in total. The molecule has 0 saturated carbocycles. The summed E-state index contributed by atoms with van der Waals surface area (Å²) in [4.78, 5) is 11.3. The highest BCUT2D eigenvalue weighted by Gasteiger charge is 2.27. The highest BCUT2D eigenvalue weighted by atomic mass is 16.5. The van der Waals surface area contributed by atoms with Gasteiger partial charge in [0.05, 0.1) is 13.7 Å². The van der Waals surface area contributed by atoms with Crippen LogP contribution >= 0.6 is 0 Å². The highest BCUT2D eigenvalue weighted by molar-refractivity contribution is 5.69. The van der Waals surface area contributed by atoms with Crippen molar-refractivity contribution >= 4 is 17.5 Å². The van der Waals surface area contributed by atoms with Gasteiger partial charge >= 0.3 is 0 Å². The quantitative estimate of drug-likeness (QED) is 0.628. The third-order valence-electron chi connectivity index (χ3n) is 4.81. The number of hydrogen-bond donors (Lipinski definition) is 1. The van der Waals surface area contributed by atoms with Crippen LogP contribution in [0.5, 0.6) is 11.5 Å². The largest absolute Gasteiger partial charge is 0.497 e. The molecule has 0 aliphatic carbocycles. The van der Waals surface area contributed by atoms with E-state index in [9.17, 15) is 0 Å². The molecule has 1 atom stereocenters. The zero-order valence-corrected chi connectivity index (χ0v) is 16.1. The Morgan fingerprint density at radius 1 is 1.07 bits per heavy atom. The van der Waals surface area contributed by atoms with Crippen molar-refractivity contribution in [2.45, 2.75) is 19.4 Å². The smallest absolute Gasteiger partial charge is 0.224 e. The molecule has 0 radical (unpaired) electrons. The van der Waals surface area contributed by atoms with Crippen LogP contribution in [0.25, 0.3) is 0 Å². The van der Waals surface area contributed by atoms with Gasteiger partial charge in [-0.1, -0.05) is 18.2 Å². The monoisotopic (exact) mass is 376 g/mol. The maximum absolute atomic E-state index is 5.74. The van der Waals surface area contributed by atoms with Crippen LogP contribution in [0.15, 0.2) is 60.8 Å². The third kappa shape index (κ3) is 3.86. The first-order valence-corrected chi connectivity index (χ1v) is 9.45. The van der Waals surface area contributed by atoms with E-state index in [0.29, 0.717) is 25.1 Å². The lowest BCUT2D eigenvalue weighted by atomic mass is 10.1. The van der Waals surface area contributed by atoms with E-state index in [1.54, 1.807) is 13.3 Å². The van der Waals surface area contributed by atoms with Crippen LogP contribution in [0.4, 0.5) is 17.5 Å². The van der Waals surface area contributed by atoms with Gasteiger partial charge in [0.2, 0.25) is 5.95 Å². The number of nitrogens with zero attached hydrogens (tertiary/aromatic N) is 3. The third-order valence-corrected chi connectivity index (χ3v) is 4.81. The SMILES string of the molecule is COc1ccc(OCCNc2nccc(N3c4ccccc4CC3C)n2)cc1. The van der Waals surface area contributed by atoms with E-state index in [0.717, 1.165) is 23.7 Å². The molecule has 1 N–H and O–H groups in total. The lowest BCUT2D eigenvalue weighted by molar-refractivity contribution is 0.331. The summed E-state index contributed by atoms with van der Waals surface area (Å²) in [5.41, 5.74) is 2.58. The molecule has 1 aromatic heterocycles. The van der Waals surface area contributed by atoms with Crippen LogP contribution in [-0.2, 0) is 6.42 Å². The van der Waals surface area contributed by atoms with E-state index >= 15 is 0 Å². The van der Waals surface area contributed by atoms with E-state index in [1.807, 2.05) is 30.3 Å². The van der Waals surface area contributed by atoms with Crippen molar-refractivity contribution in [2.75, 3.05) is 30.5 Å². The van der Waals surface area contributed by atoms with Crippen molar-refractivity contribution in [2.24, 2.45) is 0 Å². The van der Waals surface area contributed by atoms with E-state index in [2.05, 4.69) is 46.4 Å². The zero-order valence-electron chi connectivity index (χ0n) is 16.1. The Labute approximate surface area is 165 Å². The number of ether oxygens (including phenoxy) is 2. The fourth-order valence-electron chi connectivity index (χ4n) is 3.49. The molecule has 0 fully saturated rings. The summed E-state index contributed by atoms with van der Waals surface area (Å²) in [5.74, 6) is 3.13. The van der Waals surface area contributed by atoms with Gasteiger partial charge in [-0.2, -0.15) is 4.98 Å². The van der Waals surface area contributed by atoms with Crippen molar-refractivity contribution in [3.8, 4) is 11.5 Å². The molecule has 3 aromatic rings. The molecule has 0 bridgehead atoms. The van der Waals surface area contributed by atoms with E-state index in [4.69, 9.17) is 14.5 Å². The maximum Gasteiger partial charge on any atom is 0.224 e. The van der Waals surface area contributed by atoms with Crippen LogP contribution in [0.1, 0.15) is 12.5 Å². The van der Waals surface area contributed by atoms with Crippen molar-refractivity contribution in [3.63, 3.8) is 0 Å². The predicted molar refractivity (Wildman–Crippen MR) is 111 cm³/mol. The summed E-state index contributed by atoms with van der Waals surface area (Å²) >= 11 is 0. The van der Waals surface area contributed by atoms with Gasteiger partial charge in [-0.15, -0.1) is 0 Å². The van der Waals surface area contributed by atoms with Crippen LogP contribution in [0, 0.1) is 0 Å². The second-order valence-electron chi connectivity index (χ2n) is 6.74. The fourth-order valence-corrected chi connectivity index (χ4v) is 3.49. The molecular weight excluding hydrogens is 352 g/mol. The van der Waals surface area contributed by atoms with Gasteiger partial charge in [-0.3, -0.25) is 0 Å². The average molecular weight is 376 g/mol. The van der Waals surface area contributed by atoms with Gasteiger partial charge in [-0.05, 0) is 55.3 Å². The molecular formula is C22H24N4O2. The summed E-state index contributed by atoms with van der Waals surface area (Å²) in [6.45, 7) is 3.35. The molecule has 2 heterocycles. The minimum Gasteiger partial charge on any atom is -0.497 e. The first-order chi connectivity index (χ1) is 13.7. The Morgan fingerprint density at radius 3 is 2.68 bits per heavy atom. The number of anilines is 3. The Morgan fingerprint density at radius 2 is 1.86 bits per heavy atom. The van der Waals surface area contributed by atoms with Gasteiger partial charge in [0, 0.05) is 17.9 Å². The van der Waals surface area contributed by atoms with Crippen molar-refractivity contribution in [3.05, 3.63) is 66.4 Å². The highest BCUT2D eigenvalue weighted by Crippen LogP contribution is 2.37. The standard InChI is InChI=1S/C22H24N4O2/c1-16-15-17-5-3-4-6-20(17)26(16)21-11-12-23-22(25-21)24-13-14-28-19-9-7-18(27-2)8-10-19/h3-12,16H,13-15H2,1-2H3,(H,23,24,25). The summed E-state index contributed by atoms with van der Waals surface area (Å²) in [7, 11) is 1.65.